The Morgan fingerprint density at radius 3 is 2.69 bits per heavy atom. The third kappa shape index (κ3) is 2.37. The number of benzene rings is 1. The number of nitriles is 1. The van der Waals surface area contributed by atoms with E-state index in [9.17, 15) is 9.18 Å². The summed E-state index contributed by atoms with van der Waals surface area (Å²) < 4.78 is 18.3. The van der Waals surface area contributed by atoms with E-state index in [1.165, 1.54) is 6.07 Å². The van der Waals surface area contributed by atoms with Crippen molar-refractivity contribution >= 4 is 5.97 Å². The average Bonchev–Trinajstić information content (AvgIpc) is 2.28. The normalized spacial score (nSPS) is 9.62. The minimum absolute atomic E-state index is 0.123. The molecule has 16 heavy (non-hydrogen) atoms. The molecule has 0 amide bonds. The van der Waals surface area contributed by atoms with Crippen molar-refractivity contribution in [2.45, 2.75) is 20.3 Å². The first-order chi connectivity index (χ1) is 7.63. The molecule has 0 aromatic heterocycles. The van der Waals surface area contributed by atoms with Crippen LogP contribution < -0.4 is 0 Å². The molecule has 0 radical (unpaired) electrons. The van der Waals surface area contributed by atoms with Crippen molar-refractivity contribution in [1.82, 2.24) is 0 Å². The van der Waals surface area contributed by atoms with Gasteiger partial charge in [-0.05, 0) is 25.5 Å². The number of ether oxygens (including phenoxy) is 1. The van der Waals surface area contributed by atoms with Gasteiger partial charge in [0.2, 0.25) is 0 Å². The Morgan fingerprint density at radius 2 is 2.19 bits per heavy atom. The molecule has 0 aliphatic rings. The molecule has 1 aromatic carbocycles. The fourth-order valence-electron chi connectivity index (χ4n) is 1.45. The summed E-state index contributed by atoms with van der Waals surface area (Å²) in [5.41, 5.74) is 0.552. The summed E-state index contributed by atoms with van der Waals surface area (Å²) in [7, 11) is 0. The van der Waals surface area contributed by atoms with Gasteiger partial charge in [-0.2, -0.15) is 5.26 Å². The number of esters is 1. The van der Waals surface area contributed by atoms with Gasteiger partial charge in [0.25, 0.3) is 0 Å². The minimum atomic E-state index is -0.588. The van der Waals surface area contributed by atoms with Crippen LogP contribution in [-0.4, -0.2) is 12.6 Å². The molecule has 0 aliphatic carbocycles. The Kier molecular flexibility index (Phi) is 4.01. The zero-order chi connectivity index (χ0) is 12.1. The van der Waals surface area contributed by atoms with Crippen molar-refractivity contribution in [2.24, 2.45) is 0 Å². The predicted octanol–water partition coefficient (Wildman–Crippen LogP) is 2.44. The van der Waals surface area contributed by atoms with E-state index in [0.29, 0.717) is 6.42 Å². The maximum absolute atomic E-state index is 13.5. The number of rotatable bonds is 3. The van der Waals surface area contributed by atoms with Crippen LogP contribution in [0.5, 0.6) is 0 Å². The second-order valence-electron chi connectivity index (χ2n) is 3.17. The van der Waals surface area contributed by atoms with Crippen LogP contribution in [0.2, 0.25) is 0 Å². The summed E-state index contributed by atoms with van der Waals surface area (Å²) >= 11 is 0. The van der Waals surface area contributed by atoms with Crippen molar-refractivity contribution in [2.75, 3.05) is 6.61 Å². The molecule has 1 aromatic rings. The maximum Gasteiger partial charge on any atom is 0.338 e. The molecule has 0 bridgehead atoms. The van der Waals surface area contributed by atoms with Gasteiger partial charge in [-0.1, -0.05) is 6.92 Å². The van der Waals surface area contributed by atoms with E-state index in [1.54, 1.807) is 13.8 Å². The van der Waals surface area contributed by atoms with Gasteiger partial charge in [0.15, 0.2) is 0 Å². The number of carbonyl (C=O) groups is 1. The molecule has 0 aliphatic heterocycles. The van der Waals surface area contributed by atoms with Crippen LogP contribution >= 0.6 is 0 Å². The molecule has 0 heterocycles. The lowest BCUT2D eigenvalue weighted by atomic mass is 10.0. The van der Waals surface area contributed by atoms with Gasteiger partial charge in [-0.25, -0.2) is 9.18 Å². The number of halogens is 1. The van der Waals surface area contributed by atoms with E-state index in [0.717, 1.165) is 6.07 Å². The molecule has 0 atom stereocenters. The number of nitrogens with zero attached hydrogens (tertiary/aromatic N) is 1. The molecule has 3 nitrogen and oxygen atoms in total. The Labute approximate surface area is 93.5 Å². The van der Waals surface area contributed by atoms with Crippen LogP contribution in [0.1, 0.15) is 35.3 Å². The van der Waals surface area contributed by atoms with Crippen molar-refractivity contribution in [3.05, 3.63) is 34.6 Å². The predicted molar refractivity (Wildman–Crippen MR) is 56.4 cm³/mol. The quantitative estimate of drug-likeness (QED) is 0.736. The molecule has 1 rings (SSSR count). The van der Waals surface area contributed by atoms with Crippen LogP contribution in [0.4, 0.5) is 4.39 Å². The van der Waals surface area contributed by atoms with E-state index in [2.05, 4.69) is 0 Å². The highest BCUT2D eigenvalue weighted by Gasteiger charge is 2.16. The Bertz CT molecular complexity index is 449. The van der Waals surface area contributed by atoms with Crippen LogP contribution in [0, 0.1) is 17.1 Å². The second-order valence-corrected chi connectivity index (χ2v) is 3.17. The second kappa shape index (κ2) is 5.26. The van der Waals surface area contributed by atoms with Gasteiger partial charge >= 0.3 is 5.97 Å². The van der Waals surface area contributed by atoms with Crippen LogP contribution in [0.3, 0.4) is 0 Å². The zero-order valence-corrected chi connectivity index (χ0v) is 9.21. The number of carbonyl (C=O) groups excluding carboxylic acids is 1. The van der Waals surface area contributed by atoms with E-state index >= 15 is 0 Å². The molecule has 0 saturated carbocycles. The summed E-state index contributed by atoms with van der Waals surface area (Å²) in [6.07, 6.45) is 0.381. The summed E-state index contributed by atoms with van der Waals surface area (Å²) in [5, 5.41) is 8.69. The summed E-state index contributed by atoms with van der Waals surface area (Å²) in [6, 6.07) is 4.30. The molecule has 0 fully saturated rings. The van der Waals surface area contributed by atoms with Crippen LogP contribution in [0.15, 0.2) is 12.1 Å². The van der Waals surface area contributed by atoms with Gasteiger partial charge in [0, 0.05) is 5.56 Å². The molecule has 0 saturated heterocycles. The van der Waals surface area contributed by atoms with Crippen LogP contribution in [0.25, 0.3) is 0 Å². The molecule has 0 unspecified atom stereocenters. The smallest absolute Gasteiger partial charge is 0.338 e. The Hall–Kier alpha value is -1.89. The first-order valence-corrected chi connectivity index (χ1v) is 5.03. The molecule has 0 N–H and O–H groups in total. The van der Waals surface area contributed by atoms with E-state index in [4.69, 9.17) is 10.00 Å². The summed E-state index contributed by atoms with van der Waals surface area (Å²) in [4.78, 5) is 11.5. The van der Waals surface area contributed by atoms with Crippen molar-refractivity contribution < 1.29 is 13.9 Å². The van der Waals surface area contributed by atoms with Crippen molar-refractivity contribution in [3.8, 4) is 6.07 Å². The van der Waals surface area contributed by atoms with E-state index in [-0.39, 0.29) is 23.3 Å². The Balaban J connectivity index is 3.29. The van der Waals surface area contributed by atoms with Gasteiger partial charge in [0.1, 0.15) is 5.82 Å². The molecule has 84 valence electrons. The molecule has 0 spiro atoms. The lowest BCUT2D eigenvalue weighted by Crippen LogP contribution is -2.10. The van der Waals surface area contributed by atoms with Gasteiger partial charge in [-0.3, -0.25) is 0 Å². The highest BCUT2D eigenvalue weighted by atomic mass is 19.1. The summed E-state index contributed by atoms with van der Waals surface area (Å²) in [6.45, 7) is 3.64. The number of hydrogen-bond donors (Lipinski definition) is 0. The van der Waals surface area contributed by atoms with E-state index in [1.807, 2.05) is 6.07 Å². The average molecular weight is 221 g/mol. The van der Waals surface area contributed by atoms with Gasteiger partial charge < -0.3 is 4.74 Å². The highest BCUT2D eigenvalue weighted by molar-refractivity contribution is 5.91. The number of hydrogen-bond acceptors (Lipinski definition) is 3. The lowest BCUT2D eigenvalue weighted by molar-refractivity contribution is 0.0524. The third-order valence-electron chi connectivity index (χ3n) is 2.17. The third-order valence-corrected chi connectivity index (χ3v) is 2.17. The lowest BCUT2D eigenvalue weighted by Gasteiger charge is -2.08. The first kappa shape index (κ1) is 12.2. The molecular weight excluding hydrogens is 209 g/mol. The minimum Gasteiger partial charge on any atom is -0.462 e. The fourth-order valence-corrected chi connectivity index (χ4v) is 1.45. The standard InChI is InChI=1S/C12H12FNO2/c1-3-9-10(12(15)16-4-2)5-8(7-14)6-11(9)13/h5-6H,3-4H2,1-2H3. The van der Waals surface area contributed by atoms with Crippen LogP contribution in [-0.2, 0) is 11.2 Å². The summed E-state index contributed by atoms with van der Waals surface area (Å²) in [5.74, 6) is -1.13. The highest BCUT2D eigenvalue weighted by Crippen LogP contribution is 2.18. The van der Waals surface area contributed by atoms with Gasteiger partial charge in [0.05, 0.1) is 23.8 Å². The SMILES string of the molecule is CCOC(=O)c1cc(C#N)cc(F)c1CC. The van der Waals surface area contributed by atoms with Crippen molar-refractivity contribution in [3.63, 3.8) is 0 Å². The zero-order valence-electron chi connectivity index (χ0n) is 9.21. The topological polar surface area (TPSA) is 50.1 Å². The maximum atomic E-state index is 13.5. The van der Waals surface area contributed by atoms with Crippen molar-refractivity contribution in [1.29, 1.82) is 5.26 Å². The molecular formula is C12H12FNO2. The van der Waals surface area contributed by atoms with Gasteiger partial charge in [-0.15, -0.1) is 0 Å². The first-order valence-electron chi connectivity index (χ1n) is 5.03. The molecule has 4 heteroatoms. The Morgan fingerprint density at radius 1 is 1.50 bits per heavy atom. The monoisotopic (exact) mass is 221 g/mol. The fraction of sp³-hybridized carbons (Fsp3) is 0.333. The largest absolute Gasteiger partial charge is 0.462 e. The van der Waals surface area contributed by atoms with E-state index < -0.39 is 11.8 Å².